The Morgan fingerprint density at radius 1 is 1.42 bits per heavy atom. The Labute approximate surface area is 118 Å². The summed E-state index contributed by atoms with van der Waals surface area (Å²) < 4.78 is 0. The van der Waals surface area contributed by atoms with Crippen LogP contribution < -0.4 is 0 Å². The normalized spacial score (nSPS) is 27.3. The van der Waals surface area contributed by atoms with Gasteiger partial charge in [-0.15, -0.1) is 0 Å². The van der Waals surface area contributed by atoms with Crippen LogP contribution >= 0.6 is 11.8 Å². The lowest BCUT2D eigenvalue weighted by Crippen LogP contribution is -2.50. The molecule has 2 aliphatic rings. The zero-order valence-electron chi connectivity index (χ0n) is 11.6. The molecule has 1 atom stereocenters. The first kappa shape index (κ1) is 14.7. The molecule has 1 saturated carbocycles. The largest absolute Gasteiger partial charge is 0.481 e. The summed E-state index contributed by atoms with van der Waals surface area (Å²) in [6.45, 7) is 1.15. The van der Waals surface area contributed by atoms with Crippen molar-refractivity contribution in [1.29, 1.82) is 0 Å². The summed E-state index contributed by atoms with van der Waals surface area (Å²) >= 11 is 1.66. The SMILES string of the molecule is CSCCC(=O)N1CCC[C@@](CC2CC2)(C(=O)O)C1. The Kier molecular flexibility index (Phi) is 4.76. The minimum Gasteiger partial charge on any atom is -0.481 e. The van der Waals surface area contributed by atoms with Crippen LogP contribution in [0.1, 0.15) is 38.5 Å². The third kappa shape index (κ3) is 3.65. The molecule has 0 unspecified atom stereocenters. The summed E-state index contributed by atoms with van der Waals surface area (Å²) in [5.41, 5.74) is -0.672. The predicted molar refractivity (Wildman–Crippen MR) is 76.2 cm³/mol. The number of aliphatic carboxylic acids is 1. The molecule has 4 nitrogen and oxygen atoms in total. The van der Waals surface area contributed by atoms with Crippen LogP contribution in [0, 0.1) is 11.3 Å². The van der Waals surface area contributed by atoms with Gasteiger partial charge in [-0.25, -0.2) is 0 Å². The van der Waals surface area contributed by atoms with Gasteiger partial charge >= 0.3 is 5.97 Å². The summed E-state index contributed by atoms with van der Waals surface area (Å²) in [5, 5.41) is 9.60. The van der Waals surface area contributed by atoms with E-state index in [1.807, 2.05) is 6.26 Å². The lowest BCUT2D eigenvalue weighted by atomic mass is 9.75. The molecule has 108 valence electrons. The number of rotatable bonds is 6. The fraction of sp³-hybridized carbons (Fsp3) is 0.857. The van der Waals surface area contributed by atoms with Gasteiger partial charge in [-0.1, -0.05) is 12.8 Å². The molecule has 0 spiro atoms. The van der Waals surface area contributed by atoms with Gasteiger partial charge in [-0.05, 0) is 31.4 Å². The predicted octanol–water partition coefficient (Wildman–Crippen LogP) is 2.23. The highest BCUT2D eigenvalue weighted by Crippen LogP contribution is 2.44. The van der Waals surface area contributed by atoms with E-state index in [-0.39, 0.29) is 5.91 Å². The number of thioether (sulfide) groups is 1. The molecule has 2 rings (SSSR count). The average molecular weight is 285 g/mol. The number of carboxylic acids is 1. The number of carbonyl (C=O) groups is 2. The van der Waals surface area contributed by atoms with E-state index >= 15 is 0 Å². The smallest absolute Gasteiger partial charge is 0.311 e. The molecule has 1 saturated heterocycles. The van der Waals surface area contributed by atoms with Gasteiger partial charge in [-0.3, -0.25) is 9.59 Å². The number of piperidine rings is 1. The van der Waals surface area contributed by atoms with E-state index in [0.29, 0.717) is 18.9 Å². The molecule has 0 aromatic carbocycles. The average Bonchev–Trinajstić information content (AvgIpc) is 3.19. The molecule has 5 heteroatoms. The van der Waals surface area contributed by atoms with Gasteiger partial charge in [0.1, 0.15) is 0 Å². The monoisotopic (exact) mass is 285 g/mol. The summed E-state index contributed by atoms with van der Waals surface area (Å²) in [6, 6.07) is 0. The van der Waals surface area contributed by atoms with Gasteiger partial charge < -0.3 is 10.0 Å². The third-order valence-corrected chi connectivity index (χ3v) is 4.89. The molecule has 2 fully saturated rings. The second kappa shape index (κ2) is 6.16. The fourth-order valence-corrected chi connectivity index (χ4v) is 3.37. The Hall–Kier alpha value is -0.710. The highest BCUT2D eigenvalue weighted by Gasteiger charge is 2.46. The topological polar surface area (TPSA) is 57.6 Å². The lowest BCUT2D eigenvalue weighted by Gasteiger charge is -2.40. The van der Waals surface area contributed by atoms with Crippen LogP contribution in [-0.2, 0) is 9.59 Å². The second-order valence-electron chi connectivity index (χ2n) is 5.89. The molecule has 0 radical (unpaired) electrons. The molecular formula is C14H23NO3S. The van der Waals surface area contributed by atoms with Crippen LogP contribution in [0.2, 0.25) is 0 Å². The molecule has 0 aromatic rings. The van der Waals surface area contributed by atoms with Crippen LogP contribution in [0.3, 0.4) is 0 Å². The Balaban J connectivity index is 2.00. The van der Waals surface area contributed by atoms with Crippen molar-refractivity contribution in [1.82, 2.24) is 4.90 Å². The number of hydrogen-bond donors (Lipinski definition) is 1. The molecule has 1 aliphatic heterocycles. The summed E-state index contributed by atoms with van der Waals surface area (Å²) in [5.74, 6) is 0.812. The fourth-order valence-electron chi connectivity index (χ4n) is 3.00. The van der Waals surface area contributed by atoms with Crippen LogP contribution in [0.4, 0.5) is 0 Å². The minimum absolute atomic E-state index is 0.121. The Bertz CT molecular complexity index is 357. The summed E-state index contributed by atoms with van der Waals surface area (Å²) in [4.78, 5) is 25.6. The van der Waals surface area contributed by atoms with Crippen molar-refractivity contribution >= 4 is 23.6 Å². The minimum atomic E-state index is -0.707. The van der Waals surface area contributed by atoms with Crippen LogP contribution in [0.5, 0.6) is 0 Å². The molecule has 0 bridgehead atoms. The number of carbonyl (C=O) groups excluding carboxylic acids is 1. The van der Waals surface area contributed by atoms with Gasteiger partial charge in [0, 0.05) is 25.3 Å². The van der Waals surface area contributed by atoms with E-state index in [9.17, 15) is 14.7 Å². The van der Waals surface area contributed by atoms with Crippen LogP contribution in [0.25, 0.3) is 0 Å². The van der Waals surface area contributed by atoms with Crippen LogP contribution in [-0.4, -0.2) is 47.0 Å². The van der Waals surface area contributed by atoms with Gasteiger partial charge in [0.25, 0.3) is 0 Å². The zero-order chi connectivity index (χ0) is 13.9. The van der Waals surface area contributed by atoms with Gasteiger partial charge in [-0.2, -0.15) is 11.8 Å². The highest BCUT2D eigenvalue weighted by molar-refractivity contribution is 7.98. The number of likely N-dealkylation sites (tertiary alicyclic amines) is 1. The van der Waals surface area contributed by atoms with Crippen molar-refractivity contribution < 1.29 is 14.7 Å². The zero-order valence-corrected chi connectivity index (χ0v) is 12.4. The van der Waals surface area contributed by atoms with Crippen molar-refractivity contribution in [2.45, 2.75) is 38.5 Å². The standard InChI is InChI=1S/C14H23NO3S/c1-19-8-5-12(16)15-7-2-6-14(10-15,13(17)18)9-11-3-4-11/h11H,2-10H2,1H3,(H,17,18)/t14-/m0/s1. The number of amides is 1. The lowest BCUT2D eigenvalue weighted by molar-refractivity contribution is -0.155. The third-order valence-electron chi connectivity index (χ3n) is 4.28. The Morgan fingerprint density at radius 2 is 2.16 bits per heavy atom. The van der Waals surface area contributed by atoms with Crippen molar-refractivity contribution in [2.75, 3.05) is 25.1 Å². The van der Waals surface area contributed by atoms with Gasteiger partial charge in [0.05, 0.1) is 5.41 Å². The number of carboxylic acid groups (broad SMARTS) is 1. The summed E-state index contributed by atoms with van der Waals surface area (Å²) in [7, 11) is 0. The van der Waals surface area contributed by atoms with E-state index in [4.69, 9.17) is 0 Å². The first-order chi connectivity index (χ1) is 9.07. The summed E-state index contributed by atoms with van der Waals surface area (Å²) in [6.07, 6.45) is 7.15. The quantitative estimate of drug-likeness (QED) is 0.813. The number of nitrogens with zero attached hydrogens (tertiary/aromatic N) is 1. The van der Waals surface area contributed by atoms with E-state index in [1.165, 1.54) is 0 Å². The van der Waals surface area contributed by atoms with E-state index in [0.717, 1.165) is 44.4 Å². The molecule has 19 heavy (non-hydrogen) atoms. The Morgan fingerprint density at radius 3 is 2.74 bits per heavy atom. The number of hydrogen-bond acceptors (Lipinski definition) is 3. The van der Waals surface area contributed by atoms with Crippen molar-refractivity contribution in [3.63, 3.8) is 0 Å². The van der Waals surface area contributed by atoms with Crippen LogP contribution in [0.15, 0.2) is 0 Å². The molecule has 1 N–H and O–H groups in total. The molecular weight excluding hydrogens is 262 g/mol. The van der Waals surface area contributed by atoms with Crippen molar-refractivity contribution in [2.24, 2.45) is 11.3 Å². The maximum atomic E-state index is 12.1. The maximum absolute atomic E-state index is 12.1. The maximum Gasteiger partial charge on any atom is 0.311 e. The molecule has 1 amide bonds. The van der Waals surface area contributed by atoms with Crippen molar-refractivity contribution in [3.05, 3.63) is 0 Å². The second-order valence-corrected chi connectivity index (χ2v) is 6.88. The van der Waals surface area contributed by atoms with Gasteiger partial charge in [0.15, 0.2) is 0 Å². The highest BCUT2D eigenvalue weighted by atomic mass is 32.2. The molecule has 0 aromatic heterocycles. The van der Waals surface area contributed by atoms with Crippen molar-refractivity contribution in [3.8, 4) is 0 Å². The first-order valence-corrected chi connectivity index (χ1v) is 8.47. The van der Waals surface area contributed by atoms with E-state index < -0.39 is 11.4 Å². The molecule has 1 heterocycles. The first-order valence-electron chi connectivity index (χ1n) is 7.07. The molecule has 1 aliphatic carbocycles. The van der Waals surface area contributed by atoms with Gasteiger partial charge in [0.2, 0.25) is 5.91 Å². The van der Waals surface area contributed by atoms with E-state index in [1.54, 1.807) is 16.7 Å². The van der Waals surface area contributed by atoms with E-state index in [2.05, 4.69) is 0 Å².